The molecule has 3 aromatic rings. The number of pyridine rings is 1. The minimum absolute atomic E-state index is 0.0216. The SMILES string of the molecule is C/C=C(\C=C/c1ccc2ncc(-c3ccccc3)cc2c(=O)c1)CNSCC.C=C/C=C\C(=C/CC)CNC. The molecule has 2 aromatic carbocycles. The van der Waals surface area contributed by atoms with Crippen LogP contribution in [0.3, 0.4) is 0 Å². The number of rotatable bonds is 12. The first-order valence-electron chi connectivity index (χ1n) is 13.4. The van der Waals surface area contributed by atoms with Gasteiger partial charge < -0.3 is 5.32 Å². The number of hydrogen-bond acceptors (Lipinski definition) is 5. The molecular weight excluding hydrogens is 498 g/mol. The van der Waals surface area contributed by atoms with Gasteiger partial charge in [0.05, 0.1) is 5.52 Å². The molecule has 0 unspecified atom stereocenters. The molecule has 0 radical (unpaired) electrons. The van der Waals surface area contributed by atoms with E-state index in [1.807, 2.05) is 86.9 Å². The Morgan fingerprint density at radius 2 is 1.79 bits per heavy atom. The van der Waals surface area contributed by atoms with Crippen molar-refractivity contribution >= 4 is 28.9 Å². The van der Waals surface area contributed by atoms with Gasteiger partial charge in [-0.3, -0.25) is 14.5 Å². The van der Waals surface area contributed by atoms with Crippen LogP contribution in [0.25, 0.3) is 28.1 Å². The monoisotopic (exact) mass is 539 g/mol. The van der Waals surface area contributed by atoms with E-state index in [2.05, 4.69) is 53.7 Å². The lowest BCUT2D eigenvalue weighted by Crippen LogP contribution is -2.08. The quantitative estimate of drug-likeness (QED) is 0.140. The lowest BCUT2D eigenvalue weighted by molar-refractivity contribution is 0.890. The molecule has 0 aliphatic carbocycles. The van der Waals surface area contributed by atoms with Gasteiger partial charge in [0.1, 0.15) is 0 Å². The average Bonchev–Trinajstić information content (AvgIpc) is 3.12. The molecule has 0 saturated heterocycles. The van der Waals surface area contributed by atoms with Crippen molar-refractivity contribution in [3.63, 3.8) is 0 Å². The molecular formula is C34H41N3OS. The van der Waals surface area contributed by atoms with Gasteiger partial charge in [-0.1, -0.05) is 111 Å². The zero-order valence-corrected chi connectivity index (χ0v) is 24.4. The van der Waals surface area contributed by atoms with Crippen LogP contribution < -0.4 is 15.5 Å². The third kappa shape index (κ3) is 11.4. The lowest BCUT2D eigenvalue weighted by Gasteiger charge is -2.02. The predicted molar refractivity (Wildman–Crippen MR) is 174 cm³/mol. The Hall–Kier alpha value is -3.51. The second-order valence-electron chi connectivity index (χ2n) is 8.63. The number of nitrogens with zero attached hydrogens (tertiary/aromatic N) is 1. The Labute approximate surface area is 238 Å². The first kappa shape index (κ1) is 31.7. The second-order valence-corrected chi connectivity index (χ2v) is 9.78. The van der Waals surface area contributed by atoms with E-state index in [9.17, 15) is 4.79 Å². The third-order valence-electron chi connectivity index (χ3n) is 5.70. The molecule has 0 aliphatic heterocycles. The van der Waals surface area contributed by atoms with E-state index in [1.54, 1.807) is 24.1 Å². The van der Waals surface area contributed by atoms with E-state index in [-0.39, 0.29) is 5.43 Å². The van der Waals surface area contributed by atoms with E-state index in [0.29, 0.717) is 10.9 Å². The van der Waals surface area contributed by atoms with Gasteiger partial charge in [0.25, 0.3) is 0 Å². The minimum Gasteiger partial charge on any atom is -0.316 e. The molecule has 1 heterocycles. The Bertz CT molecular complexity index is 1360. The summed E-state index contributed by atoms with van der Waals surface area (Å²) >= 11 is 1.69. The Balaban J connectivity index is 0.000000411. The van der Waals surface area contributed by atoms with Gasteiger partial charge >= 0.3 is 0 Å². The molecule has 0 atom stereocenters. The largest absolute Gasteiger partial charge is 0.316 e. The Morgan fingerprint density at radius 1 is 1.00 bits per heavy atom. The van der Waals surface area contributed by atoms with Crippen LogP contribution in [0.2, 0.25) is 0 Å². The fraction of sp³-hybridized carbons (Fsp3) is 0.235. The summed E-state index contributed by atoms with van der Waals surface area (Å²) in [6, 6.07) is 17.4. The molecule has 0 bridgehead atoms. The highest BCUT2D eigenvalue weighted by atomic mass is 32.2. The molecule has 1 aromatic heterocycles. The van der Waals surface area contributed by atoms with E-state index in [0.717, 1.165) is 42.0 Å². The van der Waals surface area contributed by atoms with Crippen LogP contribution in [-0.4, -0.2) is 30.9 Å². The van der Waals surface area contributed by atoms with Gasteiger partial charge in [-0.15, -0.1) is 0 Å². The highest BCUT2D eigenvalue weighted by molar-refractivity contribution is 7.97. The molecule has 0 saturated carbocycles. The molecule has 4 nitrogen and oxygen atoms in total. The summed E-state index contributed by atoms with van der Waals surface area (Å²) in [6.45, 7) is 11.6. The van der Waals surface area contributed by atoms with Crippen LogP contribution in [0.4, 0.5) is 0 Å². The van der Waals surface area contributed by atoms with Crippen LogP contribution in [0.5, 0.6) is 0 Å². The normalized spacial score (nSPS) is 12.1. The topological polar surface area (TPSA) is 54.0 Å². The van der Waals surface area contributed by atoms with E-state index >= 15 is 0 Å². The van der Waals surface area contributed by atoms with Crippen molar-refractivity contribution in [3.8, 4) is 11.1 Å². The summed E-state index contributed by atoms with van der Waals surface area (Å²) in [7, 11) is 1.95. The summed E-state index contributed by atoms with van der Waals surface area (Å²) in [5, 5.41) is 3.74. The lowest BCUT2D eigenvalue weighted by atomic mass is 10.1. The van der Waals surface area contributed by atoms with Gasteiger partial charge in [0, 0.05) is 36.0 Å². The van der Waals surface area contributed by atoms with Crippen molar-refractivity contribution < 1.29 is 0 Å². The summed E-state index contributed by atoms with van der Waals surface area (Å²) in [5.74, 6) is 1.03. The van der Waals surface area contributed by atoms with Crippen molar-refractivity contribution in [2.45, 2.75) is 27.2 Å². The minimum atomic E-state index is -0.0216. The molecule has 0 spiro atoms. The zero-order valence-electron chi connectivity index (χ0n) is 23.6. The third-order valence-corrected chi connectivity index (χ3v) is 6.34. The van der Waals surface area contributed by atoms with Crippen molar-refractivity contribution in [3.05, 3.63) is 131 Å². The highest BCUT2D eigenvalue weighted by Crippen LogP contribution is 2.21. The molecule has 0 amide bonds. The number of benzene rings is 1. The molecule has 2 N–H and O–H groups in total. The number of likely N-dealkylation sites (N-methyl/N-ethyl adjacent to an activating group) is 1. The van der Waals surface area contributed by atoms with E-state index in [1.165, 1.54) is 11.1 Å². The van der Waals surface area contributed by atoms with Crippen LogP contribution in [0.15, 0.2) is 120 Å². The number of nitrogens with one attached hydrogen (secondary N) is 2. The fourth-order valence-corrected chi connectivity index (χ4v) is 4.18. The van der Waals surface area contributed by atoms with E-state index < -0.39 is 0 Å². The van der Waals surface area contributed by atoms with Crippen molar-refractivity contribution in [1.82, 2.24) is 15.0 Å². The number of hydrogen-bond donors (Lipinski definition) is 2. The second kappa shape index (κ2) is 18.7. The van der Waals surface area contributed by atoms with E-state index in [4.69, 9.17) is 0 Å². The van der Waals surface area contributed by atoms with Crippen molar-refractivity contribution in [1.29, 1.82) is 0 Å². The summed E-state index contributed by atoms with van der Waals surface area (Å²) < 4.78 is 3.31. The molecule has 0 fully saturated rings. The van der Waals surface area contributed by atoms with Crippen LogP contribution >= 0.6 is 11.9 Å². The number of allylic oxidation sites excluding steroid dienone is 4. The highest BCUT2D eigenvalue weighted by Gasteiger charge is 2.03. The molecule has 0 aliphatic rings. The van der Waals surface area contributed by atoms with Crippen LogP contribution in [0.1, 0.15) is 32.8 Å². The van der Waals surface area contributed by atoms with Crippen LogP contribution in [-0.2, 0) is 0 Å². The predicted octanol–water partition coefficient (Wildman–Crippen LogP) is 7.76. The summed E-state index contributed by atoms with van der Waals surface area (Å²) in [4.78, 5) is 17.3. The molecule has 5 heteroatoms. The van der Waals surface area contributed by atoms with Gasteiger partial charge in [-0.2, -0.15) is 0 Å². The summed E-state index contributed by atoms with van der Waals surface area (Å²) in [5.41, 5.74) is 6.04. The zero-order chi connectivity index (χ0) is 28.3. The van der Waals surface area contributed by atoms with Crippen molar-refractivity contribution in [2.24, 2.45) is 0 Å². The number of aromatic nitrogens is 1. The smallest absolute Gasteiger partial charge is 0.188 e. The summed E-state index contributed by atoms with van der Waals surface area (Å²) in [6.07, 6.45) is 17.0. The standard InChI is InChI=1S/C24H24N2OS.C10H17N/c1-3-18(16-26-28-4-2)10-11-19-12-13-23-22(24(27)14-19)15-21(17-25-23)20-8-6-5-7-9-20;1-4-6-8-10(7-5-2)9-11-3/h3,5-15,17,26H,4,16H2,1-2H3;4,6-8,11H,1,5,9H2,2-3H3/b11-10-,18-3+;8-6-,10-7+. The maximum absolute atomic E-state index is 12.8. The maximum atomic E-state index is 12.8. The molecule has 39 heavy (non-hydrogen) atoms. The van der Waals surface area contributed by atoms with Gasteiger partial charge in [0.15, 0.2) is 5.43 Å². The number of fused-ring (bicyclic) bond motifs is 1. The van der Waals surface area contributed by atoms with Gasteiger partial charge in [-0.25, -0.2) is 0 Å². The first-order chi connectivity index (χ1) is 19.1. The Kier molecular flexibility index (Phi) is 15.2. The van der Waals surface area contributed by atoms with Gasteiger partial charge in [0.2, 0.25) is 0 Å². The molecule has 204 valence electrons. The average molecular weight is 540 g/mol. The first-order valence-corrected chi connectivity index (χ1v) is 14.3. The van der Waals surface area contributed by atoms with Gasteiger partial charge in [-0.05, 0) is 60.9 Å². The molecule has 3 rings (SSSR count). The van der Waals surface area contributed by atoms with Crippen molar-refractivity contribution in [2.75, 3.05) is 25.9 Å². The maximum Gasteiger partial charge on any atom is 0.188 e. The Morgan fingerprint density at radius 3 is 2.46 bits per heavy atom. The fourth-order valence-electron chi connectivity index (χ4n) is 3.70. The van der Waals surface area contributed by atoms with Crippen LogP contribution in [0, 0.1) is 0 Å².